The van der Waals surface area contributed by atoms with Crippen LogP contribution < -0.4 is 10.1 Å². The lowest BCUT2D eigenvalue weighted by Crippen LogP contribution is -2.47. The molecule has 1 aliphatic rings. The van der Waals surface area contributed by atoms with Gasteiger partial charge in [0.2, 0.25) is 5.91 Å². The molecule has 1 atom stereocenters. The van der Waals surface area contributed by atoms with E-state index in [-0.39, 0.29) is 24.4 Å². The highest BCUT2D eigenvalue weighted by molar-refractivity contribution is 5.85. The summed E-state index contributed by atoms with van der Waals surface area (Å²) in [7, 11) is 3.74. The van der Waals surface area contributed by atoms with E-state index < -0.39 is 0 Å². The minimum Gasteiger partial charge on any atom is -0.497 e. The smallest absolute Gasteiger partial charge is 0.223 e. The monoisotopic (exact) mass is 341 g/mol. The Kier molecular flexibility index (Phi) is 8.37. The number of hydrogen-bond donors (Lipinski definition) is 1. The number of carbonyl (C=O) groups excluding carboxylic acids is 1. The largest absolute Gasteiger partial charge is 0.497 e. The first-order chi connectivity index (χ1) is 10.6. The number of methoxy groups -OCH3 is 1. The van der Waals surface area contributed by atoms with Crippen LogP contribution in [-0.2, 0) is 4.79 Å². The molecule has 0 saturated carbocycles. The van der Waals surface area contributed by atoms with E-state index in [0.717, 1.165) is 38.5 Å². The van der Waals surface area contributed by atoms with Crippen LogP contribution in [0.3, 0.4) is 0 Å². The number of nitrogens with zero attached hydrogens (tertiary/aromatic N) is 2. The van der Waals surface area contributed by atoms with E-state index in [1.54, 1.807) is 7.11 Å². The lowest BCUT2D eigenvalue weighted by Gasteiger charge is -2.29. The predicted octanol–water partition coefficient (Wildman–Crippen LogP) is 1.93. The van der Waals surface area contributed by atoms with Crippen molar-refractivity contribution in [3.05, 3.63) is 29.8 Å². The third-order valence-electron chi connectivity index (χ3n) is 4.41. The van der Waals surface area contributed by atoms with Gasteiger partial charge in [-0.15, -0.1) is 12.4 Å². The first-order valence-electron chi connectivity index (χ1n) is 7.94. The Balaban J connectivity index is 0.00000264. The molecular formula is C17H28ClN3O2. The lowest BCUT2D eigenvalue weighted by atomic mass is 10.1. The average Bonchev–Trinajstić information content (AvgIpc) is 2.59. The van der Waals surface area contributed by atoms with Gasteiger partial charge in [-0.25, -0.2) is 0 Å². The summed E-state index contributed by atoms with van der Waals surface area (Å²) < 4.78 is 5.19. The summed E-state index contributed by atoms with van der Waals surface area (Å²) >= 11 is 0. The number of rotatable bonds is 6. The Morgan fingerprint density at radius 1 is 1.30 bits per heavy atom. The number of benzene rings is 1. The number of amides is 1. The molecule has 2 rings (SSSR count). The highest BCUT2D eigenvalue weighted by atomic mass is 35.5. The van der Waals surface area contributed by atoms with Crippen LogP contribution in [0, 0.1) is 0 Å². The molecular weight excluding hydrogens is 314 g/mol. The minimum atomic E-state index is 0. The molecule has 6 heteroatoms. The molecule has 0 spiro atoms. The van der Waals surface area contributed by atoms with Gasteiger partial charge < -0.3 is 15.0 Å². The topological polar surface area (TPSA) is 44.8 Å². The Morgan fingerprint density at radius 2 is 1.91 bits per heavy atom. The van der Waals surface area contributed by atoms with Gasteiger partial charge in [-0.3, -0.25) is 9.69 Å². The third-order valence-corrected chi connectivity index (χ3v) is 4.41. The minimum absolute atomic E-state index is 0. The van der Waals surface area contributed by atoms with E-state index in [1.807, 2.05) is 17.0 Å². The molecule has 0 aliphatic carbocycles. The van der Waals surface area contributed by atoms with Crippen molar-refractivity contribution < 1.29 is 9.53 Å². The zero-order valence-corrected chi connectivity index (χ0v) is 15.1. The van der Waals surface area contributed by atoms with Crippen LogP contribution in [0.2, 0.25) is 0 Å². The van der Waals surface area contributed by atoms with Crippen molar-refractivity contribution in [1.82, 2.24) is 15.1 Å². The van der Waals surface area contributed by atoms with Crippen LogP contribution in [0.5, 0.6) is 5.75 Å². The van der Waals surface area contributed by atoms with Gasteiger partial charge in [0.1, 0.15) is 5.75 Å². The van der Waals surface area contributed by atoms with E-state index in [9.17, 15) is 4.79 Å². The number of hydrogen-bond acceptors (Lipinski definition) is 4. The molecule has 0 radical (unpaired) electrons. The number of ether oxygens (including phenoxy) is 1. The van der Waals surface area contributed by atoms with Crippen LogP contribution in [0.15, 0.2) is 24.3 Å². The summed E-state index contributed by atoms with van der Waals surface area (Å²) in [6.07, 6.45) is 0.580. The Labute approximate surface area is 145 Å². The predicted molar refractivity (Wildman–Crippen MR) is 95.4 cm³/mol. The maximum absolute atomic E-state index is 12.2. The lowest BCUT2D eigenvalue weighted by molar-refractivity contribution is -0.132. The summed E-state index contributed by atoms with van der Waals surface area (Å²) in [5.74, 6) is 1.13. The standard InChI is InChI=1S/C17H27N3O2.ClH/c1-14(15-4-6-16(22-3)7-5-15)19(2)11-8-17(21)20-12-9-18-10-13-20;/h4-7,14,18H,8-13H2,1-3H3;1H. The molecule has 0 bridgehead atoms. The molecule has 1 saturated heterocycles. The molecule has 23 heavy (non-hydrogen) atoms. The molecule has 1 unspecified atom stereocenters. The van der Waals surface area contributed by atoms with E-state index in [4.69, 9.17) is 4.74 Å². The van der Waals surface area contributed by atoms with Crippen molar-refractivity contribution >= 4 is 18.3 Å². The second-order valence-corrected chi connectivity index (χ2v) is 5.81. The summed E-state index contributed by atoms with van der Waals surface area (Å²) in [5, 5.41) is 3.27. The van der Waals surface area contributed by atoms with Crippen LogP contribution in [0.4, 0.5) is 0 Å². The summed E-state index contributed by atoms with van der Waals surface area (Å²) in [4.78, 5) is 16.4. The van der Waals surface area contributed by atoms with Crippen molar-refractivity contribution in [3.8, 4) is 5.75 Å². The second kappa shape index (κ2) is 9.75. The highest BCUT2D eigenvalue weighted by Crippen LogP contribution is 2.21. The van der Waals surface area contributed by atoms with Gasteiger partial charge in [0, 0.05) is 45.2 Å². The van der Waals surface area contributed by atoms with Crippen LogP contribution in [0.1, 0.15) is 24.9 Å². The van der Waals surface area contributed by atoms with Crippen LogP contribution in [-0.4, -0.2) is 62.6 Å². The van der Waals surface area contributed by atoms with Crippen molar-refractivity contribution in [3.63, 3.8) is 0 Å². The van der Waals surface area contributed by atoms with Gasteiger partial charge in [-0.2, -0.15) is 0 Å². The molecule has 1 N–H and O–H groups in total. The van der Waals surface area contributed by atoms with Gasteiger partial charge in [0.05, 0.1) is 7.11 Å². The molecule has 1 aromatic carbocycles. The quantitative estimate of drug-likeness (QED) is 0.858. The normalized spacial score (nSPS) is 15.9. The van der Waals surface area contributed by atoms with E-state index in [0.29, 0.717) is 6.42 Å². The zero-order valence-electron chi connectivity index (χ0n) is 14.2. The van der Waals surface area contributed by atoms with Crippen molar-refractivity contribution in [2.24, 2.45) is 0 Å². The first-order valence-corrected chi connectivity index (χ1v) is 7.94. The van der Waals surface area contributed by atoms with Gasteiger partial charge in [-0.1, -0.05) is 12.1 Å². The molecule has 1 aliphatic heterocycles. The fourth-order valence-corrected chi connectivity index (χ4v) is 2.67. The first kappa shape index (κ1) is 19.7. The van der Waals surface area contributed by atoms with E-state index >= 15 is 0 Å². The van der Waals surface area contributed by atoms with Gasteiger partial charge in [0.15, 0.2) is 0 Å². The van der Waals surface area contributed by atoms with E-state index in [2.05, 4.69) is 36.3 Å². The highest BCUT2D eigenvalue weighted by Gasteiger charge is 2.18. The Bertz CT molecular complexity index is 475. The summed E-state index contributed by atoms with van der Waals surface area (Å²) in [6.45, 7) is 6.41. The molecule has 130 valence electrons. The van der Waals surface area contributed by atoms with Crippen molar-refractivity contribution in [1.29, 1.82) is 0 Å². The zero-order chi connectivity index (χ0) is 15.9. The number of piperazine rings is 1. The van der Waals surface area contributed by atoms with Gasteiger partial charge in [0.25, 0.3) is 0 Å². The molecule has 5 nitrogen and oxygen atoms in total. The number of nitrogens with one attached hydrogen (secondary N) is 1. The maximum Gasteiger partial charge on any atom is 0.223 e. The summed E-state index contributed by atoms with van der Waals surface area (Å²) in [6, 6.07) is 8.40. The fourth-order valence-electron chi connectivity index (χ4n) is 2.67. The Morgan fingerprint density at radius 3 is 2.48 bits per heavy atom. The molecule has 1 fully saturated rings. The van der Waals surface area contributed by atoms with Crippen LogP contribution in [0.25, 0.3) is 0 Å². The Hall–Kier alpha value is -1.30. The second-order valence-electron chi connectivity index (χ2n) is 5.81. The molecule has 1 amide bonds. The van der Waals surface area contributed by atoms with Crippen LogP contribution >= 0.6 is 12.4 Å². The number of carbonyl (C=O) groups is 1. The molecule has 1 aromatic rings. The fraction of sp³-hybridized carbons (Fsp3) is 0.588. The molecule has 0 aromatic heterocycles. The maximum atomic E-state index is 12.2. The SMILES string of the molecule is COc1ccc(C(C)N(C)CCC(=O)N2CCNCC2)cc1.Cl. The van der Waals surface area contributed by atoms with E-state index in [1.165, 1.54) is 5.56 Å². The van der Waals surface area contributed by atoms with Crippen molar-refractivity contribution in [2.75, 3.05) is 46.9 Å². The summed E-state index contributed by atoms with van der Waals surface area (Å²) in [5.41, 5.74) is 1.23. The molecule has 1 heterocycles. The average molecular weight is 342 g/mol. The van der Waals surface area contributed by atoms with Gasteiger partial charge in [-0.05, 0) is 31.7 Å². The van der Waals surface area contributed by atoms with Crippen molar-refractivity contribution in [2.45, 2.75) is 19.4 Å². The third kappa shape index (κ3) is 5.68. The van der Waals surface area contributed by atoms with Gasteiger partial charge >= 0.3 is 0 Å². The number of halogens is 1.